The van der Waals surface area contributed by atoms with Crippen molar-refractivity contribution in [1.82, 2.24) is 4.90 Å². The van der Waals surface area contributed by atoms with E-state index >= 15 is 0 Å². The summed E-state index contributed by atoms with van der Waals surface area (Å²) in [6.45, 7) is 2.94. The highest BCUT2D eigenvalue weighted by Crippen LogP contribution is 2.32. The lowest BCUT2D eigenvalue weighted by Crippen LogP contribution is -2.41. The largest absolute Gasteiger partial charge is 0.493 e. The number of ether oxygens (including phenoxy) is 4. The number of benzene rings is 2. The number of hydrogen-bond donors (Lipinski definition) is 0. The predicted molar refractivity (Wildman–Crippen MR) is 120 cm³/mol. The van der Waals surface area contributed by atoms with Crippen LogP contribution in [0.15, 0.2) is 42.5 Å². The van der Waals surface area contributed by atoms with Crippen LogP contribution in [-0.2, 0) is 27.3 Å². The summed E-state index contributed by atoms with van der Waals surface area (Å²) < 4.78 is 21.6. The third kappa shape index (κ3) is 5.93. The molecule has 1 unspecified atom stereocenters. The van der Waals surface area contributed by atoms with Gasteiger partial charge in [-0.2, -0.15) is 0 Å². The van der Waals surface area contributed by atoms with Gasteiger partial charge in [0.1, 0.15) is 12.6 Å². The maximum Gasteiger partial charge on any atom is 0.410 e. The molecule has 1 aliphatic heterocycles. The Kier molecular flexibility index (Phi) is 8.36. The molecule has 1 atom stereocenters. The van der Waals surface area contributed by atoms with Gasteiger partial charge in [-0.25, -0.2) is 9.59 Å². The summed E-state index contributed by atoms with van der Waals surface area (Å²) >= 11 is 0. The minimum absolute atomic E-state index is 0.183. The van der Waals surface area contributed by atoms with Crippen molar-refractivity contribution in [3.05, 3.63) is 59.2 Å². The molecule has 0 spiro atoms. The second-order valence-electron chi connectivity index (χ2n) is 7.81. The van der Waals surface area contributed by atoms with Gasteiger partial charge in [0.15, 0.2) is 11.5 Å². The van der Waals surface area contributed by atoms with Gasteiger partial charge < -0.3 is 18.9 Å². The Morgan fingerprint density at radius 2 is 1.81 bits per heavy atom. The van der Waals surface area contributed by atoms with Crippen molar-refractivity contribution in [2.24, 2.45) is 0 Å². The quantitative estimate of drug-likeness (QED) is 0.427. The van der Waals surface area contributed by atoms with Crippen LogP contribution in [0.4, 0.5) is 4.79 Å². The highest BCUT2D eigenvalue weighted by molar-refractivity contribution is 5.82. The molecule has 1 saturated heterocycles. The van der Waals surface area contributed by atoms with Crippen molar-refractivity contribution in [2.45, 2.75) is 45.3 Å². The van der Waals surface area contributed by atoms with E-state index in [0.717, 1.165) is 35.3 Å². The molecule has 0 radical (unpaired) electrons. The highest BCUT2D eigenvalue weighted by atomic mass is 16.6. The van der Waals surface area contributed by atoms with Crippen LogP contribution >= 0.6 is 0 Å². The van der Waals surface area contributed by atoms with Crippen molar-refractivity contribution in [3.8, 4) is 11.5 Å². The maximum atomic E-state index is 12.6. The molecule has 2 aromatic carbocycles. The van der Waals surface area contributed by atoms with E-state index in [4.69, 9.17) is 18.9 Å². The zero-order chi connectivity index (χ0) is 22.9. The van der Waals surface area contributed by atoms with E-state index in [1.165, 1.54) is 4.90 Å². The number of rotatable bonds is 9. The summed E-state index contributed by atoms with van der Waals surface area (Å²) in [5.41, 5.74) is 2.99. The standard InChI is InChI=1S/C25H31NO6/c1-18-15-20(16-22(29-2)23(18)30-3)11-8-14-31-24(27)21-12-7-13-26(21)25(28)32-17-19-9-5-4-6-10-19/h4-6,9-10,15-16,21H,7-8,11-14,17H2,1-3H3. The summed E-state index contributed by atoms with van der Waals surface area (Å²) in [5, 5.41) is 0. The normalized spacial score (nSPS) is 15.3. The Morgan fingerprint density at radius 3 is 2.53 bits per heavy atom. The summed E-state index contributed by atoms with van der Waals surface area (Å²) in [6.07, 6.45) is 2.28. The zero-order valence-corrected chi connectivity index (χ0v) is 19.0. The average Bonchev–Trinajstić information content (AvgIpc) is 3.30. The van der Waals surface area contributed by atoms with E-state index in [0.29, 0.717) is 25.1 Å². The molecule has 172 valence electrons. The molecule has 1 heterocycles. The van der Waals surface area contributed by atoms with Crippen LogP contribution in [0.3, 0.4) is 0 Å². The fourth-order valence-corrected chi connectivity index (χ4v) is 3.95. The third-order valence-corrected chi connectivity index (χ3v) is 5.54. The Hall–Kier alpha value is -3.22. The Balaban J connectivity index is 1.46. The summed E-state index contributed by atoms with van der Waals surface area (Å²) in [7, 11) is 3.23. The first-order valence-electron chi connectivity index (χ1n) is 10.9. The molecule has 0 N–H and O–H groups in total. The minimum Gasteiger partial charge on any atom is -0.493 e. The molecule has 7 nitrogen and oxygen atoms in total. The number of esters is 1. The molecule has 0 saturated carbocycles. The zero-order valence-electron chi connectivity index (χ0n) is 19.0. The molecular formula is C25H31NO6. The van der Waals surface area contributed by atoms with Gasteiger partial charge in [0.05, 0.1) is 20.8 Å². The van der Waals surface area contributed by atoms with Gasteiger partial charge in [0, 0.05) is 6.54 Å². The Bertz CT molecular complexity index is 914. The Labute approximate surface area is 189 Å². The van der Waals surface area contributed by atoms with Crippen LogP contribution in [0.5, 0.6) is 11.5 Å². The molecule has 1 fully saturated rings. The molecule has 1 amide bonds. The first-order valence-corrected chi connectivity index (χ1v) is 10.9. The second-order valence-corrected chi connectivity index (χ2v) is 7.81. The van der Waals surface area contributed by atoms with Crippen molar-refractivity contribution in [1.29, 1.82) is 0 Å². The van der Waals surface area contributed by atoms with Crippen LogP contribution < -0.4 is 9.47 Å². The van der Waals surface area contributed by atoms with Gasteiger partial charge in [-0.1, -0.05) is 36.4 Å². The van der Waals surface area contributed by atoms with E-state index in [1.807, 2.05) is 49.4 Å². The van der Waals surface area contributed by atoms with Crippen LogP contribution in [0.25, 0.3) is 0 Å². The number of amides is 1. The van der Waals surface area contributed by atoms with Gasteiger partial charge >= 0.3 is 12.1 Å². The molecule has 0 aliphatic carbocycles. The van der Waals surface area contributed by atoms with Gasteiger partial charge in [0.2, 0.25) is 0 Å². The van der Waals surface area contributed by atoms with Gasteiger partial charge in [-0.15, -0.1) is 0 Å². The maximum absolute atomic E-state index is 12.6. The molecule has 0 bridgehead atoms. The number of carbonyl (C=O) groups excluding carboxylic acids is 2. The van der Waals surface area contributed by atoms with E-state index < -0.39 is 12.1 Å². The van der Waals surface area contributed by atoms with Crippen LogP contribution in [0.2, 0.25) is 0 Å². The molecule has 2 aromatic rings. The lowest BCUT2D eigenvalue weighted by atomic mass is 10.1. The summed E-state index contributed by atoms with van der Waals surface area (Å²) in [4.78, 5) is 26.5. The first kappa shape index (κ1) is 23.4. The fourth-order valence-electron chi connectivity index (χ4n) is 3.95. The minimum atomic E-state index is -0.582. The van der Waals surface area contributed by atoms with Gasteiger partial charge in [0.25, 0.3) is 0 Å². The molecule has 0 aromatic heterocycles. The number of nitrogens with zero attached hydrogens (tertiary/aromatic N) is 1. The van der Waals surface area contributed by atoms with Crippen LogP contribution in [0, 0.1) is 6.92 Å². The molecule has 1 aliphatic rings. The number of aryl methyl sites for hydroxylation is 2. The number of hydrogen-bond acceptors (Lipinski definition) is 6. The third-order valence-electron chi connectivity index (χ3n) is 5.54. The summed E-state index contributed by atoms with van der Waals surface area (Å²) in [5.74, 6) is 1.04. The predicted octanol–water partition coefficient (Wildman–Crippen LogP) is 4.29. The SMILES string of the molecule is COc1cc(CCCOC(=O)C2CCCN2C(=O)OCc2ccccc2)cc(C)c1OC. The van der Waals surface area contributed by atoms with Crippen molar-refractivity contribution < 1.29 is 28.5 Å². The summed E-state index contributed by atoms with van der Waals surface area (Å²) in [6, 6.07) is 12.9. The number of carbonyl (C=O) groups is 2. The fraction of sp³-hybridized carbons (Fsp3) is 0.440. The smallest absolute Gasteiger partial charge is 0.410 e. The van der Waals surface area contributed by atoms with Gasteiger partial charge in [-0.05, 0) is 55.4 Å². The lowest BCUT2D eigenvalue weighted by Gasteiger charge is -2.22. The van der Waals surface area contributed by atoms with E-state index in [9.17, 15) is 9.59 Å². The van der Waals surface area contributed by atoms with E-state index in [-0.39, 0.29) is 19.2 Å². The monoisotopic (exact) mass is 441 g/mol. The Morgan fingerprint density at radius 1 is 1.03 bits per heavy atom. The van der Waals surface area contributed by atoms with Crippen LogP contribution in [0.1, 0.15) is 36.0 Å². The van der Waals surface area contributed by atoms with Crippen LogP contribution in [-0.4, -0.2) is 50.4 Å². The van der Waals surface area contributed by atoms with Gasteiger partial charge in [-0.3, -0.25) is 4.90 Å². The van der Waals surface area contributed by atoms with Crippen molar-refractivity contribution in [2.75, 3.05) is 27.4 Å². The van der Waals surface area contributed by atoms with E-state index in [1.54, 1.807) is 14.2 Å². The molecule has 3 rings (SSSR count). The second kappa shape index (κ2) is 11.4. The molecule has 7 heteroatoms. The highest BCUT2D eigenvalue weighted by Gasteiger charge is 2.36. The number of likely N-dealkylation sites (tertiary alicyclic amines) is 1. The van der Waals surface area contributed by atoms with E-state index in [2.05, 4.69) is 0 Å². The number of methoxy groups -OCH3 is 2. The topological polar surface area (TPSA) is 74.3 Å². The van der Waals surface area contributed by atoms with Crippen molar-refractivity contribution in [3.63, 3.8) is 0 Å². The first-order chi connectivity index (χ1) is 15.5. The molecular weight excluding hydrogens is 410 g/mol. The molecule has 32 heavy (non-hydrogen) atoms. The lowest BCUT2D eigenvalue weighted by molar-refractivity contribution is -0.148. The van der Waals surface area contributed by atoms with Crippen molar-refractivity contribution >= 4 is 12.1 Å². The average molecular weight is 442 g/mol.